The zero-order chi connectivity index (χ0) is 11.1. The molecule has 0 radical (unpaired) electrons. The number of rotatable bonds is 0. The third kappa shape index (κ3) is 2.36. The molecule has 15 heavy (non-hydrogen) atoms. The average Bonchev–Trinajstić information content (AvgIpc) is 2.35. The molecule has 0 aromatic rings. The summed E-state index contributed by atoms with van der Waals surface area (Å²) in [7, 11) is 0. The predicted octanol–water partition coefficient (Wildman–Crippen LogP) is 2.53. The third-order valence-electron chi connectivity index (χ3n) is 3.68. The van der Waals surface area contributed by atoms with Crippen LogP contribution in [0.1, 0.15) is 39.5 Å². The Hall–Kier alpha value is -0.920. The van der Waals surface area contributed by atoms with Crippen molar-refractivity contribution in [2.75, 3.05) is 0 Å². The molecule has 2 aliphatic carbocycles. The zero-order valence-corrected chi connectivity index (χ0v) is 9.45. The minimum Gasteiger partial charge on any atom is -0.295 e. The van der Waals surface area contributed by atoms with E-state index in [1.807, 2.05) is 0 Å². The fourth-order valence-electron chi connectivity index (χ4n) is 3.15. The smallest absolute Gasteiger partial charge is 0.156 e. The summed E-state index contributed by atoms with van der Waals surface area (Å²) >= 11 is 0. The van der Waals surface area contributed by atoms with Gasteiger partial charge < -0.3 is 0 Å². The fourth-order valence-corrected chi connectivity index (χ4v) is 3.15. The molecule has 0 heterocycles. The number of carbonyl (C=O) groups is 2. The summed E-state index contributed by atoms with van der Waals surface area (Å²) in [5, 5.41) is 0. The van der Waals surface area contributed by atoms with E-state index in [0.717, 1.165) is 12.8 Å². The number of carbonyl (C=O) groups excluding carboxylic acids is 2. The summed E-state index contributed by atoms with van der Waals surface area (Å²) < 4.78 is 0. The largest absolute Gasteiger partial charge is 0.295 e. The molecule has 0 aliphatic heterocycles. The maximum atomic E-state index is 11.5. The van der Waals surface area contributed by atoms with E-state index in [0.29, 0.717) is 30.1 Å². The van der Waals surface area contributed by atoms with Gasteiger partial charge in [0.2, 0.25) is 0 Å². The second kappa shape index (κ2) is 3.58. The number of hydrogen-bond donors (Lipinski definition) is 0. The van der Waals surface area contributed by atoms with Gasteiger partial charge in [0.05, 0.1) is 0 Å². The van der Waals surface area contributed by atoms with Crippen LogP contribution < -0.4 is 0 Å². The van der Waals surface area contributed by atoms with Gasteiger partial charge in [-0.05, 0) is 42.2 Å². The van der Waals surface area contributed by atoms with Gasteiger partial charge in [0.25, 0.3) is 0 Å². The first-order chi connectivity index (χ1) is 6.96. The predicted molar refractivity (Wildman–Crippen MR) is 58.4 cm³/mol. The maximum absolute atomic E-state index is 11.5. The van der Waals surface area contributed by atoms with Crippen LogP contribution in [0.15, 0.2) is 12.2 Å². The summed E-state index contributed by atoms with van der Waals surface area (Å²) in [6, 6.07) is 0. The molecule has 2 heteroatoms. The molecule has 2 aliphatic rings. The second-order valence-electron chi connectivity index (χ2n) is 5.77. The number of ketones is 2. The monoisotopic (exact) mass is 206 g/mol. The highest BCUT2D eigenvalue weighted by Crippen LogP contribution is 2.48. The molecule has 0 bridgehead atoms. The third-order valence-corrected chi connectivity index (χ3v) is 3.68. The van der Waals surface area contributed by atoms with Gasteiger partial charge in [-0.3, -0.25) is 9.59 Å². The Morgan fingerprint density at radius 2 is 1.40 bits per heavy atom. The Labute approximate surface area is 90.7 Å². The molecule has 1 saturated carbocycles. The topological polar surface area (TPSA) is 34.1 Å². The van der Waals surface area contributed by atoms with E-state index in [9.17, 15) is 9.59 Å². The van der Waals surface area contributed by atoms with Crippen LogP contribution in [0.5, 0.6) is 0 Å². The molecule has 2 nitrogen and oxygen atoms in total. The van der Waals surface area contributed by atoms with Crippen LogP contribution in [0.25, 0.3) is 0 Å². The van der Waals surface area contributed by atoms with Gasteiger partial charge in [-0.25, -0.2) is 0 Å². The van der Waals surface area contributed by atoms with Gasteiger partial charge in [-0.2, -0.15) is 0 Å². The van der Waals surface area contributed by atoms with E-state index in [4.69, 9.17) is 0 Å². The molecule has 2 atom stereocenters. The summed E-state index contributed by atoms with van der Waals surface area (Å²) in [6.45, 7) is 4.47. The molecule has 0 aromatic carbocycles. The Bertz CT molecular complexity index is 295. The van der Waals surface area contributed by atoms with Crippen molar-refractivity contribution in [2.24, 2.45) is 17.3 Å². The molecule has 82 valence electrons. The van der Waals surface area contributed by atoms with Crippen molar-refractivity contribution in [3.63, 3.8) is 0 Å². The lowest BCUT2D eigenvalue weighted by molar-refractivity contribution is -0.119. The Balaban J connectivity index is 2.19. The highest BCUT2D eigenvalue weighted by Gasteiger charge is 2.40. The van der Waals surface area contributed by atoms with Gasteiger partial charge in [0.1, 0.15) is 0 Å². The molecule has 0 amide bonds. The normalized spacial score (nSPS) is 36.9. The van der Waals surface area contributed by atoms with Gasteiger partial charge >= 0.3 is 0 Å². The van der Waals surface area contributed by atoms with Crippen molar-refractivity contribution in [2.45, 2.75) is 39.5 Å². The molecule has 0 N–H and O–H groups in total. The van der Waals surface area contributed by atoms with E-state index in [-0.39, 0.29) is 11.6 Å². The average molecular weight is 206 g/mol. The van der Waals surface area contributed by atoms with Crippen molar-refractivity contribution < 1.29 is 9.59 Å². The molecule has 0 spiro atoms. The van der Waals surface area contributed by atoms with Crippen LogP contribution in [0.3, 0.4) is 0 Å². The number of hydrogen-bond acceptors (Lipinski definition) is 2. The first-order valence-corrected chi connectivity index (χ1v) is 5.70. The van der Waals surface area contributed by atoms with Crippen molar-refractivity contribution >= 4 is 11.6 Å². The van der Waals surface area contributed by atoms with E-state index in [1.54, 1.807) is 0 Å². The molecule has 0 saturated heterocycles. The van der Waals surface area contributed by atoms with Crippen molar-refractivity contribution in [1.82, 2.24) is 0 Å². The summed E-state index contributed by atoms with van der Waals surface area (Å²) in [6.07, 6.45) is 6.37. The fraction of sp³-hybridized carbons (Fsp3) is 0.692. The number of allylic oxidation sites excluding steroid dienone is 2. The molecular weight excluding hydrogens is 188 g/mol. The highest BCUT2D eigenvalue weighted by atomic mass is 16.1. The molecular formula is C13H18O2. The van der Waals surface area contributed by atoms with Gasteiger partial charge in [-0.15, -0.1) is 0 Å². The van der Waals surface area contributed by atoms with Crippen LogP contribution in [-0.4, -0.2) is 11.6 Å². The quantitative estimate of drug-likeness (QED) is 0.610. The Kier molecular flexibility index (Phi) is 2.53. The summed E-state index contributed by atoms with van der Waals surface area (Å²) in [5.74, 6) is 1.11. The minimum absolute atomic E-state index is 0.121. The Morgan fingerprint density at radius 1 is 1.00 bits per heavy atom. The van der Waals surface area contributed by atoms with E-state index < -0.39 is 0 Å². The standard InChI is InChI=1S/C13H18O2/c1-13(2)7-9-5-11(14)3-4-12(15)6-10(9)8-13/h3-4,9-10H,5-8H2,1-2H3/b4-3-/t9-,10+. The first kappa shape index (κ1) is 10.6. The zero-order valence-electron chi connectivity index (χ0n) is 9.45. The van der Waals surface area contributed by atoms with Gasteiger partial charge in [0.15, 0.2) is 11.6 Å². The number of fused-ring (bicyclic) bond motifs is 1. The molecule has 0 aromatic heterocycles. The highest BCUT2D eigenvalue weighted by molar-refractivity contribution is 5.99. The van der Waals surface area contributed by atoms with Crippen LogP contribution in [0.2, 0.25) is 0 Å². The van der Waals surface area contributed by atoms with Crippen molar-refractivity contribution in [3.8, 4) is 0 Å². The van der Waals surface area contributed by atoms with Crippen molar-refractivity contribution in [3.05, 3.63) is 12.2 Å². The summed E-state index contributed by atoms with van der Waals surface area (Å²) in [4.78, 5) is 23.0. The Morgan fingerprint density at radius 3 is 1.80 bits per heavy atom. The molecule has 2 rings (SSSR count). The van der Waals surface area contributed by atoms with E-state index in [2.05, 4.69) is 13.8 Å². The van der Waals surface area contributed by atoms with Crippen molar-refractivity contribution in [1.29, 1.82) is 0 Å². The minimum atomic E-state index is 0.121. The van der Waals surface area contributed by atoms with E-state index >= 15 is 0 Å². The van der Waals surface area contributed by atoms with Gasteiger partial charge in [-0.1, -0.05) is 13.8 Å². The lowest BCUT2D eigenvalue weighted by atomic mass is 9.85. The van der Waals surface area contributed by atoms with E-state index in [1.165, 1.54) is 12.2 Å². The second-order valence-corrected chi connectivity index (χ2v) is 5.77. The molecule has 1 fully saturated rings. The van der Waals surface area contributed by atoms with Crippen LogP contribution in [-0.2, 0) is 9.59 Å². The summed E-state index contributed by atoms with van der Waals surface area (Å²) in [5.41, 5.74) is 0.306. The van der Waals surface area contributed by atoms with Crippen LogP contribution in [0, 0.1) is 17.3 Å². The lowest BCUT2D eigenvalue weighted by Crippen LogP contribution is -2.17. The van der Waals surface area contributed by atoms with Gasteiger partial charge in [0, 0.05) is 12.8 Å². The van der Waals surface area contributed by atoms with Crippen LogP contribution in [0.4, 0.5) is 0 Å². The van der Waals surface area contributed by atoms with Crippen LogP contribution >= 0.6 is 0 Å². The lowest BCUT2D eigenvalue weighted by Gasteiger charge is -2.18. The first-order valence-electron chi connectivity index (χ1n) is 5.70. The molecule has 0 unspecified atom stereocenters. The maximum Gasteiger partial charge on any atom is 0.156 e. The SMILES string of the molecule is CC1(C)C[C@H]2CC(=O)/C=C\C(=O)C[C@H]2C1.